The largest absolute Gasteiger partial charge is 0.424 e. The van der Waals surface area contributed by atoms with E-state index in [2.05, 4.69) is 9.97 Å². The quantitative estimate of drug-likeness (QED) is 0.937. The van der Waals surface area contributed by atoms with Gasteiger partial charge in [-0.25, -0.2) is 9.97 Å². The Labute approximate surface area is 124 Å². The number of benzene rings is 1. The third-order valence-electron chi connectivity index (χ3n) is 2.86. The molecule has 0 fully saturated rings. The zero-order chi connectivity index (χ0) is 14.7. The average Bonchev–Trinajstić information content (AvgIpc) is 2.35. The lowest BCUT2D eigenvalue weighted by Crippen LogP contribution is -2.18. The van der Waals surface area contributed by atoms with Crippen LogP contribution in [0.3, 0.4) is 0 Å². The van der Waals surface area contributed by atoms with E-state index in [4.69, 9.17) is 22.1 Å². The predicted octanol–water partition coefficient (Wildman–Crippen LogP) is 3.43. The summed E-state index contributed by atoms with van der Waals surface area (Å²) in [5.74, 6) is 0.745. The van der Waals surface area contributed by atoms with Gasteiger partial charge in [-0.05, 0) is 56.0 Å². The molecule has 0 bridgehead atoms. The van der Waals surface area contributed by atoms with Gasteiger partial charge < -0.3 is 10.5 Å². The second-order valence-electron chi connectivity index (χ2n) is 5.03. The van der Waals surface area contributed by atoms with Crippen LogP contribution in [-0.2, 0) is 6.42 Å². The topological polar surface area (TPSA) is 61.0 Å². The number of aromatic nitrogens is 2. The van der Waals surface area contributed by atoms with Crippen molar-refractivity contribution in [2.75, 3.05) is 0 Å². The van der Waals surface area contributed by atoms with Crippen LogP contribution < -0.4 is 10.5 Å². The van der Waals surface area contributed by atoms with Crippen LogP contribution in [0.2, 0.25) is 5.02 Å². The minimum absolute atomic E-state index is 0.0890. The number of nitrogens with zero attached hydrogens (tertiary/aromatic N) is 2. The summed E-state index contributed by atoms with van der Waals surface area (Å²) in [5, 5.41) is 0.695. The second kappa shape index (κ2) is 6.20. The summed E-state index contributed by atoms with van der Waals surface area (Å²) in [6, 6.07) is 4.13. The van der Waals surface area contributed by atoms with Gasteiger partial charge in [0.05, 0.1) is 0 Å². The fraction of sp³-hybridized carbons (Fsp3) is 0.333. The van der Waals surface area contributed by atoms with Crippen molar-refractivity contribution in [1.82, 2.24) is 9.97 Å². The maximum absolute atomic E-state index is 6.00. The molecule has 2 N–H and O–H groups in total. The Morgan fingerprint density at radius 2 is 1.75 bits per heavy atom. The normalized spacial score (nSPS) is 12.2. The zero-order valence-electron chi connectivity index (χ0n) is 11.9. The molecule has 5 heteroatoms. The summed E-state index contributed by atoms with van der Waals surface area (Å²) in [6.07, 6.45) is 4.23. The summed E-state index contributed by atoms with van der Waals surface area (Å²) in [7, 11) is 0. The van der Waals surface area contributed by atoms with Crippen molar-refractivity contribution in [1.29, 1.82) is 0 Å². The Bertz CT molecular complexity index is 574. The van der Waals surface area contributed by atoms with Crippen molar-refractivity contribution in [2.45, 2.75) is 33.2 Å². The molecule has 0 saturated carbocycles. The molecule has 1 atom stereocenters. The highest BCUT2D eigenvalue weighted by Crippen LogP contribution is 2.29. The van der Waals surface area contributed by atoms with Gasteiger partial charge in [0, 0.05) is 23.5 Å². The maximum Gasteiger partial charge on any atom is 0.321 e. The number of halogens is 1. The number of hydrogen-bond acceptors (Lipinski definition) is 4. The maximum atomic E-state index is 6.00. The van der Waals surface area contributed by atoms with Gasteiger partial charge in [-0.1, -0.05) is 11.6 Å². The lowest BCUT2D eigenvalue weighted by molar-refractivity contribution is 0.434. The van der Waals surface area contributed by atoms with Crippen LogP contribution in [0.5, 0.6) is 11.8 Å². The molecule has 0 radical (unpaired) electrons. The van der Waals surface area contributed by atoms with Crippen LogP contribution in [0.1, 0.15) is 23.6 Å². The Morgan fingerprint density at radius 3 is 2.25 bits per heavy atom. The molecule has 1 heterocycles. The van der Waals surface area contributed by atoms with Gasteiger partial charge in [-0.3, -0.25) is 0 Å². The first kappa shape index (κ1) is 14.8. The Hall–Kier alpha value is -1.65. The molecule has 0 saturated heterocycles. The van der Waals surface area contributed by atoms with Gasteiger partial charge >= 0.3 is 6.01 Å². The highest BCUT2D eigenvalue weighted by atomic mass is 35.5. The summed E-state index contributed by atoms with van der Waals surface area (Å²) >= 11 is 6.00. The second-order valence-corrected chi connectivity index (χ2v) is 5.46. The van der Waals surface area contributed by atoms with E-state index in [0.717, 1.165) is 28.9 Å². The highest BCUT2D eigenvalue weighted by molar-refractivity contribution is 6.30. The summed E-state index contributed by atoms with van der Waals surface area (Å²) in [5.41, 5.74) is 8.65. The van der Waals surface area contributed by atoms with E-state index in [1.54, 1.807) is 12.4 Å². The number of nitrogens with two attached hydrogens (primary N) is 1. The summed E-state index contributed by atoms with van der Waals surface area (Å²) in [4.78, 5) is 8.42. The Morgan fingerprint density at radius 1 is 1.20 bits per heavy atom. The SMILES string of the molecule is Cc1cc(Cl)cc(C)c1Oc1ncc(CC(C)N)cn1. The van der Waals surface area contributed by atoms with Crippen LogP contribution in [0, 0.1) is 13.8 Å². The summed E-state index contributed by atoms with van der Waals surface area (Å²) in [6.45, 7) is 5.84. The standard InChI is InChI=1S/C15H18ClN3O/c1-9-4-13(16)5-10(2)14(9)20-15-18-7-12(8-19-15)6-11(3)17/h4-5,7-8,11H,6,17H2,1-3H3. The van der Waals surface area contributed by atoms with E-state index in [1.807, 2.05) is 32.9 Å². The lowest BCUT2D eigenvalue weighted by atomic mass is 10.1. The third-order valence-corrected chi connectivity index (χ3v) is 3.08. The van der Waals surface area contributed by atoms with Crippen LogP contribution in [-0.4, -0.2) is 16.0 Å². The molecule has 1 aromatic carbocycles. The molecule has 2 aromatic rings. The van der Waals surface area contributed by atoms with E-state index >= 15 is 0 Å². The van der Waals surface area contributed by atoms with Gasteiger partial charge in [0.2, 0.25) is 0 Å². The predicted molar refractivity (Wildman–Crippen MR) is 80.4 cm³/mol. The van der Waals surface area contributed by atoms with E-state index in [-0.39, 0.29) is 6.04 Å². The van der Waals surface area contributed by atoms with E-state index < -0.39 is 0 Å². The molecule has 0 aliphatic carbocycles. The highest BCUT2D eigenvalue weighted by Gasteiger charge is 2.09. The number of ether oxygens (including phenoxy) is 1. The summed E-state index contributed by atoms with van der Waals surface area (Å²) < 4.78 is 5.74. The smallest absolute Gasteiger partial charge is 0.321 e. The van der Waals surface area contributed by atoms with Gasteiger partial charge in [-0.15, -0.1) is 0 Å². The lowest BCUT2D eigenvalue weighted by Gasteiger charge is -2.11. The first-order chi connectivity index (χ1) is 9.45. The van der Waals surface area contributed by atoms with Crippen molar-refractivity contribution in [2.24, 2.45) is 5.73 Å². The first-order valence-corrected chi connectivity index (χ1v) is 6.84. The molecule has 0 spiro atoms. The average molecular weight is 292 g/mol. The molecular weight excluding hydrogens is 274 g/mol. The van der Waals surface area contributed by atoms with Crippen LogP contribution >= 0.6 is 11.6 Å². The Balaban J connectivity index is 2.18. The molecule has 20 heavy (non-hydrogen) atoms. The Kier molecular flexibility index (Phi) is 4.57. The van der Waals surface area contributed by atoms with Crippen LogP contribution in [0.15, 0.2) is 24.5 Å². The van der Waals surface area contributed by atoms with Crippen molar-refractivity contribution >= 4 is 11.6 Å². The van der Waals surface area contributed by atoms with Crippen molar-refractivity contribution < 1.29 is 4.74 Å². The van der Waals surface area contributed by atoms with Gasteiger partial charge in [0.1, 0.15) is 5.75 Å². The van der Waals surface area contributed by atoms with Gasteiger partial charge in [-0.2, -0.15) is 0 Å². The minimum atomic E-state index is 0.0890. The van der Waals surface area contributed by atoms with Crippen molar-refractivity contribution in [3.8, 4) is 11.8 Å². The molecule has 4 nitrogen and oxygen atoms in total. The number of hydrogen-bond donors (Lipinski definition) is 1. The molecule has 0 amide bonds. The van der Waals surface area contributed by atoms with Crippen LogP contribution in [0.4, 0.5) is 0 Å². The van der Waals surface area contributed by atoms with Crippen molar-refractivity contribution in [3.63, 3.8) is 0 Å². The molecular formula is C15H18ClN3O. The molecule has 106 valence electrons. The number of aryl methyl sites for hydroxylation is 2. The fourth-order valence-corrected chi connectivity index (χ4v) is 2.35. The third kappa shape index (κ3) is 3.68. The minimum Gasteiger partial charge on any atom is -0.424 e. The molecule has 0 aliphatic rings. The van der Waals surface area contributed by atoms with Gasteiger partial charge in [0.25, 0.3) is 0 Å². The van der Waals surface area contributed by atoms with E-state index in [1.165, 1.54) is 0 Å². The molecule has 2 rings (SSSR count). The molecule has 0 aliphatic heterocycles. The van der Waals surface area contributed by atoms with E-state index in [0.29, 0.717) is 11.0 Å². The fourth-order valence-electron chi connectivity index (χ4n) is 2.02. The molecule has 1 unspecified atom stereocenters. The first-order valence-electron chi connectivity index (χ1n) is 6.47. The number of rotatable bonds is 4. The van der Waals surface area contributed by atoms with Gasteiger partial charge in [0.15, 0.2) is 0 Å². The van der Waals surface area contributed by atoms with Crippen LogP contribution in [0.25, 0.3) is 0 Å². The van der Waals surface area contributed by atoms with E-state index in [9.17, 15) is 0 Å². The van der Waals surface area contributed by atoms with Crippen molar-refractivity contribution in [3.05, 3.63) is 46.2 Å². The zero-order valence-corrected chi connectivity index (χ0v) is 12.6. The molecule has 1 aromatic heterocycles. The monoisotopic (exact) mass is 291 g/mol.